The summed E-state index contributed by atoms with van der Waals surface area (Å²) in [5.74, 6) is 0.803. The number of hydrogen-bond acceptors (Lipinski definition) is 3. The molecule has 0 fully saturated rings. The number of ether oxygens (including phenoxy) is 1. The molecular formula is C21H22O2S. The standard InChI is InChI=1S/C21H22O2S/c1-4-14-7-10-18(15(5-2)11-14)19-12-16-8-9-17(22-6-3)13-20(16)23-21(19)24/h7-13H,4-6H2,1-3H3. The van der Waals surface area contributed by atoms with E-state index in [1.165, 1.54) is 16.7 Å². The molecule has 0 aliphatic carbocycles. The van der Waals surface area contributed by atoms with Crippen LogP contribution in [0.5, 0.6) is 5.75 Å². The second-order valence-electron chi connectivity index (χ2n) is 5.78. The quantitative estimate of drug-likeness (QED) is 0.506. The molecule has 0 bridgehead atoms. The summed E-state index contributed by atoms with van der Waals surface area (Å²) in [6.07, 6.45) is 2.01. The van der Waals surface area contributed by atoms with Gasteiger partial charge < -0.3 is 9.15 Å². The molecule has 0 saturated heterocycles. The summed E-state index contributed by atoms with van der Waals surface area (Å²) in [5, 5.41) is 1.03. The predicted octanol–water partition coefficient (Wildman–Crippen LogP) is 6.35. The Bertz CT molecular complexity index is 925. The zero-order valence-corrected chi connectivity index (χ0v) is 15.2. The van der Waals surface area contributed by atoms with Crippen molar-refractivity contribution in [1.29, 1.82) is 0 Å². The van der Waals surface area contributed by atoms with E-state index in [-0.39, 0.29) is 0 Å². The molecule has 2 aromatic carbocycles. The maximum absolute atomic E-state index is 5.93. The summed E-state index contributed by atoms with van der Waals surface area (Å²) < 4.78 is 12.0. The van der Waals surface area contributed by atoms with Crippen LogP contribution in [-0.4, -0.2) is 6.61 Å². The molecule has 0 spiro atoms. The second-order valence-corrected chi connectivity index (χ2v) is 6.15. The molecular weight excluding hydrogens is 316 g/mol. The highest BCUT2D eigenvalue weighted by molar-refractivity contribution is 7.71. The van der Waals surface area contributed by atoms with E-state index < -0.39 is 0 Å². The number of fused-ring (bicyclic) bond motifs is 1. The minimum atomic E-state index is 0.523. The third-order valence-electron chi connectivity index (χ3n) is 4.27. The van der Waals surface area contributed by atoms with Crippen LogP contribution in [0, 0.1) is 4.71 Å². The summed E-state index contributed by atoms with van der Waals surface area (Å²) in [6, 6.07) is 14.6. The Morgan fingerprint density at radius 1 is 0.917 bits per heavy atom. The van der Waals surface area contributed by atoms with Gasteiger partial charge in [-0.1, -0.05) is 32.0 Å². The molecule has 3 rings (SSSR count). The Balaban J connectivity index is 2.15. The van der Waals surface area contributed by atoms with Gasteiger partial charge in [0.1, 0.15) is 11.3 Å². The van der Waals surface area contributed by atoms with Gasteiger partial charge in [-0.25, -0.2) is 0 Å². The normalized spacial score (nSPS) is 11.0. The first-order valence-electron chi connectivity index (χ1n) is 8.49. The van der Waals surface area contributed by atoms with E-state index in [1.807, 2.05) is 25.1 Å². The van der Waals surface area contributed by atoms with Crippen LogP contribution in [0.3, 0.4) is 0 Å². The molecule has 0 unspecified atom stereocenters. The van der Waals surface area contributed by atoms with Crippen molar-refractivity contribution in [3.05, 3.63) is 58.3 Å². The van der Waals surface area contributed by atoms with E-state index >= 15 is 0 Å². The molecule has 0 amide bonds. The van der Waals surface area contributed by atoms with Gasteiger partial charge in [0.05, 0.1) is 6.61 Å². The maximum Gasteiger partial charge on any atom is 0.198 e. The highest BCUT2D eigenvalue weighted by Crippen LogP contribution is 2.31. The molecule has 0 aliphatic heterocycles. The van der Waals surface area contributed by atoms with Gasteiger partial charge in [-0.2, -0.15) is 0 Å². The molecule has 3 aromatic rings. The zero-order chi connectivity index (χ0) is 17.1. The third kappa shape index (κ3) is 3.22. The highest BCUT2D eigenvalue weighted by atomic mass is 32.1. The predicted molar refractivity (Wildman–Crippen MR) is 102 cm³/mol. The minimum Gasteiger partial charge on any atom is -0.494 e. The lowest BCUT2D eigenvalue weighted by atomic mass is 9.96. The minimum absolute atomic E-state index is 0.523. The maximum atomic E-state index is 5.93. The fraction of sp³-hybridized carbons (Fsp3) is 0.286. The van der Waals surface area contributed by atoms with Crippen LogP contribution >= 0.6 is 12.2 Å². The number of rotatable bonds is 5. The summed E-state index contributed by atoms with van der Waals surface area (Å²) in [5.41, 5.74) is 5.57. The van der Waals surface area contributed by atoms with Gasteiger partial charge in [0.2, 0.25) is 0 Å². The average molecular weight is 338 g/mol. The van der Waals surface area contributed by atoms with Crippen molar-refractivity contribution in [3.63, 3.8) is 0 Å². The van der Waals surface area contributed by atoms with Crippen LogP contribution in [-0.2, 0) is 12.8 Å². The summed E-state index contributed by atoms with van der Waals surface area (Å²) in [4.78, 5) is 0. The Morgan fingerprint density at radius 3 is 2.46 bits per heavy atom. The molecule has 3 heteroatoms. The van der Waals surface area contributed by atoms with Crippen molar-refractivity contribution in [2.75, 3.05) is 6.61 Å². The molecule has 1 aromatic heterocycles. The van der Waals surface area contributed by atoms with Crippen LogP contribution < -0.4 is 4.74 Å². The summed E-state index contributed by atoms with van der Waals surface area (Å²) in [7, 11) is 0. The lowest BCUT2D eigenvalue weighted by Gasteiger charge is -2.11. The van der Waals surface area contributed by atoms with Gasteiger partial charge >= 0.3 is 0 Å². The van der Waals surface area contributed by atoms with Crippen molar-refractivity contribution in [1.82, 2.24) is 0 Å². The van der Waals surface area contributed by atoms with Gasteiger partial charge in [0.25, 0.3) is 0 Å². The highest BCUT2D eigenvalue weighted by Gasteiger charge is 2.10. The SMILES string of the molecule is CCOc1ccc2cc(-c3ccc(CC)cc3CC)c(=S)oc2c1. The second kappa shape index (κ2) is 7.18. The van der Waals surface area contributed by atoms with Crippen LogP contribution in [0.2, 0.25) is 0 Å². The molecule has 24 heavy (non-hydrogen) atoms. The summed E-state index contributed by atoms with van der Waals surface area (Å²) in [6.45, 7) is 6.95. The molecule has 0 radical (unpaired) electrons. The molecule has 0 atom stereocenters. The monoisotopic (exact) mass is 338 g/mol. The van der Waals surface area contributed by atoms with Gasteiger partial charge in [-0.15, -0.1) is 0 Å². The third-order valence-corrected chi connectivity index (χ3v) is 4.57. The van der Waals surface area contributed by atoms with Crippen LogP contribution in [0.25, 0.3) is 22.1 Å². The van der Waals surface area contributed by atoms with E-state index in [2.05, 4.69) is 38.1 Å². The van der Waals surface area contributed by atoms with Crippen LogP contribution in [0.1, 0.15) is 31.9 Å². The van der Waals surface area contributed by atoms with E-state index in [4.69, 9.17) is 21.4 Å². The lowest BCUT2D eigenvalue weighted by molar-refractivity contribution is 0.340. The Labute approximate surface area is 148 Å². The van der Waals surface area contributed by atoms with Crippen molar-refractivity contribution in [2.45, 2.75) is 33.6 Å². The first-order valence-corrected chi connectivity index (χ1v) is 8.90. The average Bonchev–Trinajstić information content (AvgIpc) is 2.61. The molecule has 124 valence electrons. The molecule has 1 heterocycles. The van der Waals surface area contributed by atoms with Crippen molar-refractivity contribution >= 4 is 23.2 Å². The molecule has 2 nitrogen and oxygen atoms in total. The van der Waals surface area contributed by atoms with E-state index in [0.717, 1.165) is 35.1 Å². The van der Waals surface area contributed by atoms with E-state index in [0.29, 0.717) is 11.3 Å². The van der Waals surface area contributed by atoms with Crippen LogP contribution in [0.15, 0.2) is 46.9 Å². The fourth-order valence-electron chi connectivity index (χ4n) is 2.96. The molecule has 0 saturated carbocycles. The van der Waals surface area contributed by atoms with Crippen LogP contribution in [0.4, 0.5) is 0 Å². The zero-order valence-electron chi connectivity index (χ0n) is 14.4. The van der Waals surface area contributed by atoms with E-state index in [9.17, 15) is 0 Å². The van der Waals surface area contributed by atoms with Crippen molar-refractivity contribution < 1.29 is 9.15 Å². The Morgan fingerprint density at radius 2 is 1.75 bits per heavy atom. The lowest BCUT2D eigenvalue weighted by Crippen LogP contribution is -1.93. The fourth-order valence-corrected chi connectivity index (χ4v) is 3.22. The first-order chi connectivity index (χ1) is 11.7. The van der Waals surface area contributed by atoms with Crippen molar-refractivity contribution in [2.24, 2.45) is 0 Å². The number of benzene rings is 2. The molecule has 0 N–H and O–H groups in total. The van der Waals surface area contributed by atoms with Gasteiger partial charge in [-0.05, 0) is 66.9 Å². The van der Waals surface area contributed by atoms with Gasteiger partial charge in [0.15, 0.2) is 4.71 Å². The smallest absolute Gasteiger partial charge is 0.198 e. The van der Waals surface area contributed by atoms with Gasteiger partial charge in [0, 0.05) is 17.0 Å². The topological polar surface area (TPSA) is 22.4 Å². The molecule has 0 aliphatic rings. The Kier molecular flexibility index (Phi) is 5.00. The first kappa shape index (κ1) is 16.7. The van der Waals surface area contributed by atoms with Gasteiger partial charge in [-0.3, -0.25) is 0 Å². The largest absolute Gasteiger partial charge is 0.494 e. The van der Waals surface area contributed by atoms with E-state index in [1.54, 1.807) is 0 Å². The summed E-state index contributed by atoms with van der Waals surface area (Å²) >= 11 is 5.53. The Hall–Kier alpha value is -2.13. The number of hydrogen-bond donors (Lipinski definition) is 0. The van der Waals surface area contributed by atoms with Crippen molar-refractivity contribution in [3.8, 4) is 16.9 Å². The number of aryl methyl sites for hydroxylation is 2.